The first-order chi connectivity index (χ1) is 21.6. The van der Waals surface area contributed by atoms with E-state index in [1.807, 2.05) is 12.1 Å². The van der Waals surface area contributed by atoms with Gasteiger partial charge >= 0.3 is 5.97 Å². The molecule has 2 saturated heterocycles. The van der Waals surface area contributed by atoms with Crippen molar-refractivity contribution in [3.63, 3.8) is 0 Å². The van der Waals surface area contributed by atoms with Crippen molar-refractivity contribution in [2.75, 3.05) is 62.4 Å². The minimum atomic E-state index is -1.22. The molecule has 2 aliphatic heterocycles. The Morgan fingerprint density at radius 2 is 1.27 bits per heavy atom. The summed E-state index contributed by atoms with van der Waals surface area (Å²) in [6.45, 7) is 6.34. The molecule has 0 atom stereocenters. The van der Waals surface area contributed by atoms with Gasteiger partial charge in [0.15, 0.2) is 5.69 Å². The Labute approximate surface area is 255 Å². The van der Waals surface area contributed by atoms with Crippen LogP contribution in [0.5, 0.6) is 0 Å². The molecular formula is C35H34N4O5. The average Bonchev–Trinajstić information content (AvgIpc) is 3.42. The van der Waals surface area contributed by atoms with Gasteiger partial charge in [-0.15, -0.1) is 5.73 Å². The summed E-state index contributed by atoms with van der Waals surface area (Å²) < 4.78 is 12.2. The molecule has 0 amide bonds. The summed E-state index contributed by atoms with van der Waals surface area (Å²) in [6, 6.07) is 25.8. The zero-order valence-electron chi connectivity index (χ0n) is 24.3. The smallest absolute Gasteiger partial charge is 0.354 e. The van der Waals surface area contributed by atoms with Gasteiger partial charge in [0.2, 0.25) is 0 Å². The van der Waals surface area contributed by atoms with Gasteiger partial charge in [0.05, 0.1) is 37.7 Å². The quantitative estimate of drug-likeness (QED) is 0.224. The van der Waals surface area contributed by atoms with Gasteiger partial charge in [-0.2, -0.15) is 0 Å². The number of H-pyrrole nitrogens is 1. The van der Waals surface area contributed by atoms with Gasteiger partial charge in [0.1, 0.15) is 0 Å². The molecule has 44 heavy (non-hydrogen) atoms. The van der Waals surface area contributed by atoms with Gasteiger partial charge in [-0.25, -0.2) is 9.48 Å². The second kappa shape index (κ2) is 13.5. The Morgan fingerprint density at radius 1 is 0.750 bits per heavy atom. The van der Waals surface area contributed by atoms with Crippen molar-refractivity contribution in [1.29, 1.82) is 0 Å². The minimum absolute atomic E-state index is 0.0253. The zero-order valence-corrected chi connectivity index (χ0v) is 24.3. The lowest BCUT2D eigenvalue weighted by molar-refractivity contribution is 0.0689. The molecule has 0 spiro atoms. The number of hydrogen-bond acceptors (Lipinski definition) is 6. The molecule has 0 saturated carbocycles. The van der Waals surface area contributed by atoms with E-state index in [0.717, 1.165) is 80.7 Å². The van der Waals surface area contributed by atoms with Crippen LogP contribution in [-0.4, -0.2) is 73.5 Å². The standard InChI is InChI=1S/C35H34N4O5/c40-34-32(33(35(41)42)36-39(34)30-6-2-1-3-7-30)9-5-4-8-31(26-10-14-28(15-11-26)37-18-22-43-23-19-37)27-12-16-29(17-13-27)38-20-24-44-25-21-38/h1-4,6-17,36H,18-25H2,(H,41,42). The largest absolute Gasteiger partial charge is 0.477 e. The first kappa shape index (κ1) is 29.0. The SMILES string of the molecule is O=C(O)c1[nH]n(-c2ccccc2)c(=O)c1C=C=CC=C(c1ccc(N2CCOCC2)cc1)c1ccc(N2CCOCC2)cc1. The van der Waals surface area contributed by atoms with Gasteiger partial charge in [0, 0.05) is 37.6 Å². The second-order valence-corrected chi connectivity index (χ2v) is 10.5. The van der Waals surface area contributed by atoms with E-state index in [2.05, 4.69) is 69.2 Å². The third kappa shape index (κ3) is 6.45. The fraction of sp³-hybridized carbons (Fsp3) is 0.229. The van der Waals surface area contributed by atoms with Crippen molar-refractivity contribution in [3.05, 3.63) is 129 Å². The lowest BCUT2D eigenvalue weighted by atomic mass is 9.96. The van der Waals surface area contributed by atoms with E-state index in [-0.39, 0.29) is 11.3 Å². The Balaban J connectivity index is 1.34. The summed E-state index contributed by atoms with van der Waals surface area (Å²) in [4.78, 5) is 29.7. The van der Waals surface area contributed by atoms with Crippen LogP contribution in [0.4, 0.5) is 11.4 Å². The van der Waals surface area contributed by atoms with Crippen LogP contribution in [0.15, 0.2) is 102 Å². The molecule has 6 rings (SSSR count). The first-order valence-electron chi connectivity index (χ1n) is 14.7. The van der Waals surface area contributed by atoms with Crippen LogP contribution in [0.2, 0.25) is 0 Å². The van der Waals surface area contributed by atoms with Crippen LogP contribution in [0.1, 0.15) is 27.2 Å². The van der Waals surface area contributed by atoms with Gasteiger partial charge in [-0.1, -0.05) is 42.5 Å². The highest BCUT2D eigenvalue weighted by Gasteiger charge is 2.18. The highest BCUT2D eigenvalue weighted by Crippen LogP contribution is 2.28. The number of allylic oxidation sites excluding steroid dienone is 2. The highest BCUT2D eigenvalue weighted by atomic mass is 16.5. The van der Waals surface area contributed by atoms with Crippen LogP contribution in [0.25, 0.3) is 17.3 Å². The summed E-state index contributed by atoms with van der Waals surface area (Å²) in [6.07, 6.45) is 5.07. The number of aromatic carboxylic acids is 1. The summed E-state index contributed by atoms with van der Waals surface area (Å²) in [5.74, 6) is -1.22. The predicted octanol–water partition coefficient (Wildman–Crippen LogP) is 4.84. The van der Waals surface area contributed by atoms with E-state index in [4.69, 9.17) is 9.47 Å². The maximum absolute atomic E-state index is 13.1. The van der Waals surface area contributed by atoms with E-state index in [1.165, 1.54) is 10.8 Å². The van der Waals surface area contributed by atoms with Crippen LogP contribution < -0.4 is 15.4 Å². The third-order valence-electron chi connectivity index (χ3n) is 7.84. The van der Waals surface area contributed by atoms with E-state index >= 15 is 0 Å². The number of ether oxygens (including phenoxy) is 2. The van der Waals surface area contributed by atoms with Crippen LogP contribution in [0, 0.1) is 0 Å². The lowest BCUT2D eigenvalue weighted by Gasteiger charge is -2.29. The Kier molecular flexibility index (Phi) is 8.89. The number of para-hydroxylation sites is 1. The highest BCUT2D eigenvalue weighted by molar-refractivity contribution is 5.90. The fourth-order valence-corrected chi connectivity index (χ4v) is 5.47. The van der Waals surface area contributed by atoms with E-state index < -0.39 is 11.5 Å². The molecule has 4 aromatic rings. The molecule has 0 bridgehead atoms. The second-order valence-electron chi connectivity index (χ2n) is 10.5. The number of rotatable bonds is 8. The molecule has 0 unspecified atom stereocenters. The van der Waals surface area contributed by atoms with Crippen LogP contribution in [-0.2, 0) is 9.47 Å². The summed E-state index contributed by atoms with van der Waals surface area (Å²) in [7, 11) is 0. The number of benzene rings is 3. The summed E-state index contributed by atoms with van der Waals surface area (Å²) in [5.41, 5.74) is 8.28. The van der Waals surface area contributed by atoms with Crippen molar-refractivity contribution in [2.24, 2.45) is 0 Å². The normalized spacial score (nSPS) is 14.9. The Morgan fingerprint density at radius 3 is 1.77 bits per heavy atom. The number of hydrogen-bond donors (Lipinski definition) is 2. The number of nitrogens with zero attached hydrogens (tertiary/aromatic N) is 3. The van der Waals surface area contributed by atoms with Gasteiger partial charge in [0.25, 0.3) is 5.56 Å². The van der Waals surface area contributed by atoms with Gasteiger partial charge in [-0.05, 0) is 71.3 Å². The molecule has 9 nitrogen and oxygen atoms in total. The lowest BCUT2D eigenvalue weighted by Crippen LogP contribution is -2.36. The number of morpholine rings is 2. The van der Waals surface area contributed by atoms with E-state index in [9.17, 15) is 14.7 Å². The zero-order chi connectivity index (χ0) is 30.3. The topological polar surface area (TPSA) is 100 Å². The molecule has 3 heterocycles. The molecule has 3 aromatic carbocycles. The monoisotopic (exact) mass is 590 g/mol. The molecule has 9 heteroatoms. The molecule has 2 N–H and O–H groups in total. The van der Waals surface area contributed by atoms with Crippen molar-refractivity contribution >= 4 is 29.0 Å². The number of carbonyl (C=O) groups is 1. The van der Waals surface area contributed by atoms with Gasteiger partial charge < -0.3 is 24.4 Å². The molecule has 0 radical (unpaired) electrons. The van der Waals surface area contributed by atoms with Crippen LogP contribution >= 0.6 is 0 Å². The number of aromatic nitrogens is 2. The maximum atomic E-state index is 13.1. The number of carboxylic acid groups (broad SMARTS) is 1. The molecule has 1 aromatic heterocycles. The van der Waals surface area contributed by atoms with E-state index in [0.29, 0.717) is 5.69 Å². The number of carboxylic acids is 1. The summed E-state index contributed by atoms with van der Waals surface area (Å²) in [5, 5.41) is 12.5. The molecule has 2 aliphatic rings. The minimum Gasteiger partial charge on any atom is -0.477 e. The molecular weight excluding hydrogens is 556 g/mol. The molecule has 224 valence electrons. The Hall–Kier alpha value is -5.08. The van der Waals surface area contributed by atoms with E-state index in [1.54, 1.807) is 30.3 Å². The summed E-state index contributed by atoms with van der Waals surface area (Å²) >= 11 is 0. The molecule has 0 aliphatic carbocycles. The number of nitrogens with one attached hydrogen (secondary N) is 1. The van der Waals surface area contributed by atoms with Crippen molar-refractivity contribution in [3.8, 4) is 5.69 Å². The van der Waals surface area contributed by atoms with Crippen molar-refractivity contribution in [2.45, 2.75) is 0 Å². The number of anilines is 2. The molecule has 2 fully saturated rings. The Bertz CT molecular complexity index is 1670. The maximum Gasteiger partial charge on any atom is 0.354 e. The van der Waals surface area contributed by atoms with Crippen molar-refractivity contribution < 1.29 is 19.4 Å². The van der Waals surface area contributed by atoms with Crippen molar-refractivity contribution in [1.82, 2.24) is 9.78 Å². The third-order valence-corrected chi connectivity index (χ3v) is 7.84. The number of aromatic amines is 1. The fourth-order valence-electron chi connectivity index (χ4n) is 5.47. The predicted molar refractivity (Wildman–Crippen MR) is 172 cm³/mol. The average molecular weight is 591 g/mol. The van der Waals surface area contributed by atoms with Gasteiger partial charge in [-0.3, -0.25) is 9.89 Å². The first-order valence-corrected chi connectivity index (χ1v) is 14.7. The van der Waals surface area contributed by atoms with Crippen LogP contribution in [0.3, 0.4) is 0 Å².